The Hall–Kier alpha value is -0.650. The normalized spacial score (nSPS) is 10.4. The SMILES string of the molecule is COCCNCCOc1cc(Br)ccc1F. The Balaban J connectivity index is 2.23. The summed E-state index contributed by atoms with van der Waals surface area (Å²) in [6.45, 7) is 2.51. The highest BCUT2D eigenvalue weighted by atomic mass is 79.9. The molecule has 5 heteroatoms. The van der Waals surface area contributed by atoms with Crippen molar-refractivity contribution < 1.29 is 13.9 Å². The lowest BCUT2D eigenvalue weighted by Gasteiger charge is -2.08. The molecule has 0 aromatic heterocycles. The Bertz CT molecular complexity index is 323. The Labute approximate surface area is 103 Å². The van der Waals surface area contributed by atoms with E-state index in [2.05, 4.69) is 21.2 Å². The second kappa shape index (κ2) is 7.60. The monoisotopic (exact) mass is 291 g/mol. The van der Waals surface area contributed by atoms with E-state index in [-0.39, 0.29) is 11.6 Å². The Morgan fingerprint density at radius 3 is 2.81 bits per heavy atom. The van der Waals surface area contributed by atoms with Gasteiger partial charge in [-0.2, -0.15) is 0 Å². The van der Waals surface area contributed by atoms with E-state index in [1.807, 2.05) is 0 Å². The fraction of sp³-hybridized carbons (Fsp3) is 0.455. The van der Waals surface area contributed by atoms with E-state index in [4.69, 9.17) is 9.47 Å². The van der Waals surface area contributed by atoms with Gasteiger partial charge in [0.1, 0.15) is 6.61 Å². The molecule has 1 N–H and O–H groups in total. The smallest absolute Gasteiger partial charge is 0.165 e. The van der Waals surface area contributed by atoms with E-state index in [1.54, 1.807) is 19.2 Å². The topological polar surface area (TPSA) is 30.5 Å². The number of methoxy groups -OCH3 is 1. The molecule has 0 saturated carbocycles. The van der Waals surface area contributed by atoms with Crippen molar-refractivity contribution in [2.75, 3.05) is 33.4 Å². The standard InChI is InChI=1S/C11H15BrFNO2/c1-15-6-4-14-5-7-16-11-8-9(12)2-3-10(11)13/h2-3,8,14H,4-7H2,1H3. The van der Waals surface area contributed by atoms with E-state index < -0.39 is 0 Å². The summed E-state index contributed by atoms with van der Waals surface area (Å²) < 4.78 is 24.2. The van der Waals surface area contributed by atoms with Gasteiger partial charge in [-0.15, -0.1) is 0 Å². The summed E-state index contributed by atoms with van der Waals surface area (Å²) in [5, 5.41) is 3.11. The van der Waals surface area contributed by atoms with Crippen molar-refractivity contribution in [3.8, 4) is 5.75 Å². The first-order valence-corrected chi connectivity index (χ1v) is 5.81. The zero-order valence-corrected chi connectivity index (χ0v) is 10.7. The third-order valence-corrected chi connectivity index (χ3v) is 2.41. The van der Waals surface area contributed by atoms with Gasteiger partial charge in [-0.3, -0.25) is 0 Å². The van der Waals surface area contributed by atoms with Gasteiger partial charge in [0.2, 0.25) is 0 Å². The molecule has 0 aliphatic rings. The molecule has 0 bridgehead atoms. The molecule has 90 valence electrons. The van der Waals surface area contributed by atoms with Crippen LogP contribution in [-0.2, 0) is 4.74 Å². The van der Waals surface area contributed by atoms with Crippen LogP contribution in [0.3, 0.4) is 0 Å². The minimum atomic E-state index is -0.347. The highest BCUT2D eigenvalue weighted by molar-refractivity contribution is 9.10. The van der Waals surface area contributed by atoms with Crippen molar-refractivity contribution >= 4 is 15.9 Å². The number of hydrogen-bond donors (Lipinski definition) is 1. The molecular weight excluding hydrogens is 277 g/mol. The fourth-order valence-electron chi connectivity index (χ4n) is 1.12. The third kappa shape index (κ3) is 4.92. The van der Waals surface area contributed by atoms with Crippen molar-refractivity contribution in [2.45, 2.75) is 0 Å². The first kappa shape index (κ1) is 13.4. The third-order valence-electron chi connectivity index (χ3n) is 1.91. The number of ether oxygens (including phenoxy) is 2. The molecule has 0 aliphatic heterocycles. The summed E-state index contributed by atoms with van der Waals surface area (Å²) >= 11 is 3.26. The lowest BCUT2D eigenvalue weighted by molar-refractivity contribution is 0.196. The van der Waals surface area contributed by atoms with E-state index >= 15 is 0 Å². The van der Waals surface area contributed by atoms with Crippen LogP contribution in [0.15, 0.2) is 22.7 Å². The maximum absolute atomic E-state index is 13.2. The first-order valence-electron chi connectivity index (χ1n) is 5.01. The second-order valence-corrected chi connectivity index (χ2v) is 4.08. The number of hydrogen-bond acceptors (Lipinski definition) is 3. The van der Waals surface area contributed by atoms with Crippen LogP contribution < -0.4 is 10.1 Å². The molecule has 0 saturated heterocycles. The molecule has 0 amide bonds. The number of nitrogens with one attached hydrogen (secondary N) is 1. The Morgan fingerprint density at radius 1 is 1.31 bits per heavy atom. The molecule has 0 atom stereocenters. The summed E-state index contributed by atoms with van der Waals surface area (Å²) in [6.07, 6.45) is 0. The zero-order valence-electron chi connectivity index (χ0n) is 9.13. The minimum Gasteiger partial charge on any atom is -0.489 e. The maximum atomic E-state index is 13.2. The van der Waals surface area contributed by atoms with Crippen LogP contribution in [0.4, 0.5) is 4.39 Å². The van der Waals surface area contributed by atoms with E-state index in [0.717, 1.165) is 11.0 Å². The average Bonchev–Trinajstić information content (AvgIpc) is 2.28. The summed E-state index contributed by atoms with van der Waals surface area (Å²) in [7, 11) is 1.65. The van der Waals surface area contributed by atoms with Gasteiger partial charge in [0.15, 0.2) is 11.6 Å². The molecule has 1 aromatic rings. The average molecular weight is 292 g/mol. The molecule has 0 unspecified atom stereocenters. The summed E-state index contributed by atoms with van der Waals surface area (Å²) in [6, 6.07) is 4.63. The lowest BCUT2D eigenvalue weighted by atomic mass is 10.3. The van der Waals surface area contributed by atoms with Gasteiger partial charge in [0.05, 0.1) is 6.61 Å². The van der Waals surface area contributed by atoms with Crippen LogP contribution >= 0.6 is 15.9 Å². The van der Waals surface area contributed by atoms with Gasteiger partial charge in [-0.1, -0.05) is 15.9 Å². The lowest BCUT2D eigenvalue weighted by Crippen LogP contribution is -2.24. The Morgan fingerprint density at radius 2 is 2.06 bits per heavy atom. The molecule has 0 fully saturated rings. The van der Waals surface area contributed by atoms with Gasteiger partial charge in [-0.25, -0.2) is 4.39 Å². The molecular formula is C11H15BrFNO2. The van der Waals surface area contributed by atoms with Gasteiger partial charge in [0, 0.05) is 24.7 Å². The van der Waals surface area contributed by atoms with Crippen LogP contribution in [-0.4, -0.2) is 33.4 Å². The predicted molar refractivity (Wildman–Crippen MR) is 64.3 cm³/mol. The van der Waals surface area contributed by atoms with Gasteiger partial charge >= 0.3 is 0 Å². The van der Waals surface area contributed by atoms with Crippen LogP contribution in [0.1, 0.15) is 0 Å². The number of rotatable bonds is 7. The molecule has 0 radical (unpaired) electrons. The molecule has 0 aliphatic carbocycles. The van der Waals surface area contributed by atoms with Crippen LogP contribution in [0.25, 0.3) is 0 Å². The molecule has 0 heterocycles. The van der Waals surface area contributed by atoms with Gasteiger partial charge in [0.25, 0.3) is 0 Å². The van der Waals surface area contributed by atoms with Crippen molar-refractivity contribution in [3.63, 3.8) is 0 Å². The Kier molecular flexibility index (Phi) is 6.37. The van der Waals surface area contributed by atoms with E-state index in [1.165, 1.54) is 6.07 Å². The molecule has 1 rings (SSSR count). The van der Waals surface area contributed by atoms with Gasteiger partial charge < -0.3 is 14.8 Å². The fourth-order valence-corrected chi connectivity index (χ4v) is 1.46. The second-order valence-electron chi connectivity index (χ2n) is 3.17. The molecule has 1 aromatic carbocycles. The zero-order chi connectivity index (χ0) is 11.8. The molecule has 0 spiro atoms. The molecule has 16 heavy (non-hydrogen) atoms. The predicted octanol–water partition coefficient (Wildman–Crippen LogP) is 2.20. The maximum Gasteiger partial charge on any atom is 0.165 e. The largest absolute Gasteiger partial charge is 0.489 e. The van der Waals surface area contributed by atoms with Gasteiger partial charge in [-0.05, 0) is 18.2 Å². The van der Waals surface area contributed by atoms with Crippen molar-refractivity contribution in [1.29, 1.82) is 0 Å². The first-order chi connectivity index (χ1) is 7.74. The summed E-state index contributed by atoms with van der Waals surface area (Å²) in [4.78, 5) is 0. The van der Waals surface area contributed by atoms with E-state index in [9.17, 15) is 4.39 Å². The van der Waals surface area contributed by atoms with Crippen LogP contribution in [0.2, 0.25) is 0 Å². The van der Waals surface area contributed by atoms with E-state index in [0.29, 0.717) is 19.8 Å². The van der Waals surface area contributed by atoms with Crippen LogP contribution in [0, 0.1) is 5.82 Å². The highest BCUT2D eigenvalue weighted by Gasteiger charge is 2.02. The minimum absolute atomic E-state index is 0.267. The highest BCUT2D eigenvalue weighted by Crippen LogP contribution is 2.21. The van der Waals surface area contributed by atoms with Crippen LogP contribution in [0.5, 0.6) is 5.75 Å². The van der Waals surface area contributed by atoms with Crippen molar-refractivity contribution in [3.05, 3.63) is 28.5 Å². The summed E-state index contributed by atoms with van der Waals surface area (Å²) in [5.74, 6) is -0.0805. The summed E-state index contributed by atoms with van der Waals surface area (Å²) in [5.41, 5.74) is 0. The quantitative estimate of drug-likeness (QED) is 0.782. The molecule has 3 nitrogen and oxygen atoms in total. The number of halogens is 2. The number of benzene rings is 1. The van der Waals surface area contributed by atoms with Crippen molar-refractivity contribution in [1.82, 2.24) is 5.32 Å². The van der Waals surface area contributed by atoms with Crippen molar-refractivity contribution in [2.24, 2.45) is 0 Å².